The fraction of sp³-hybridized carbons (Fsp3) is 0.467. The summed E-state index contributed by atoms with van der Waals surface area (Å²) in [5.41, 5.74) is 0.228. The predicted octanol–water partition coefficient (Wildman–Crippen LogP) is 8.45. The van der Waals surface area contributed by atoms with Crippen LogP contribution in [0.3, 0.4) is 0 Å². The maximum absolute atomic E-state index is 16.6. The van der Waals surface area contributed by atoms with Crippen LogP contribution in [0.25, 0.3) is 10.1 Å². The molecule has 4 aromatic rings. The Hall–Kier alpha value is -4.87. The minimum atomic E-state index is -4.47. The monoisotopic (exact) mass is 902 g/mol. The van der Waals surface area contributed by atoms with Gasteiger partial charge in [-0.1, -0.05) is 55.6 Å². The van der Waals surface area contributed by atoms with Gasteiger partial charge in [-0.15, -0.1) is 11.3 Å². The number of para-hydroxylation sites is 1. The molecule has 0 radical (unpaired) electrons. The number of nitrogens with zero attached hydrogens (tertiary/aromatic N) is 4. The average Bonchev–Trinajstić information content (AvgIpc) is 3.59. The molecule has 1 unspecified atom stereocenters. The number of aromatic nitrogens is 1. The zero-order chi connectivity index (χ0) is 43.8. The number of rotatable bonds is 13. The molecule has 8 rings (SSSR count). The smallest absolute Gasteiger partial charge is 0.355 e. The molecule has 326 valence electrons. The highest BCUT2D eigenvalue weighted by molar-refractivity contribution is 7.57. The highest BCUT2D eigenvalue weighted by Gasteiger charge is 2.64. The Bertz CT molecular complexity index is 2450. The molecule has 13 nitrogen and oxygen atoms in total. The summed E-state index contributed by atoms with van der Waals surface area (Å²) in [6.07, 6.45) is 9.11. The number of hydrogen-bond acceptors (Lipinski definition) is 10. The lowest BCUT2D eigenvalue weighted by Crippen LogP contribution is -2.57. The van der Waals surface area contributed by atoms with Gasteiger partial charge < -0.3 is 24.4 Å². The minimum Gasteiger partial charge on any atom is -0.465 e. The van der Waals surface area contributed by atoms with Gasteiger partial charge in [0.25, 0.3) is 5.91 Å². The molecule has 5 heterocycles. The van der Waals surface area contributed by atoms with Crippen molar-refractivity contribution in [2.75, 3.05) is 13.2 Å². The van der Waals surface area contributed by atoms with Gasteiger partial charge in [0, 0.05) is 35.6 Å². The number of hydrogen-bond donors (Lipinski definition) is 2. The van der Waals surface area contributed by atoms with E-state index in [9.17, 15) is 29.0 Å². The fourth-order valence-electron chi connectivity index (χ4n) is 9.45. The summed E-state index contributed by atoms with van der Waals surface area (Å²) in [4.78, 5) is 63.8. The van der Waals surface area contributed by atoms with Crippen LogP contribution < -0.4 is 14.9 Å². The highest BCUT2D eigenvalue weighted by Crippen LogP contribution is 2.59. The number of ether oxygens (including phenoxy) is 1. The van der Waals surface area contributed by atoms with E-state index in [1.165, 1.54) is 48.7 Å². The van der Waals surface area contributed by atoms with E-state index in [0.717, 1.165) is 24.8 Å². The number of pyridine rings is 1. The van der Waals surface area contributed by atoms with Gasteiger partial charge in [0.05, 0.1) is 34.0 Å². The second-order valence-electron chi connectivity index (χ2n) is 16.8. The zero-order valence-corrected chi connectivity index (χ0v) is 37.0. The molecule has 4 fully saturated rings. The Kier molecular flexibility index (Phi) is 12.8. The molecular weight excluding hydrogens is 854 g/mol. The Labute approximate surface area is 368 Å². The van der Waals surface area contributed by atoms with Crippen molar-refractivity contribution in [3.05, 3.63) is 94.1 Å². The fourth-order valence-corrected chi connectivity index (χ4v) is 12.5. The minimum absolute atomic E-state index is 0.0109. The molecule has 17 heteroatoms. The second-order valence-corrected chi connectivity index (χ2v) is 20.4. The maximum Gasteiger partial charge on any atom is 0.355 e. The number of amides is 3. The van der Waals surface area contributed by atoms with E-state index in [-0.39, 0.29) is 41.7 Å². The molecule has 1 saturated carbocycles. The molecule has 62 heavy (non-hydrogen) atoms. The lowest BCUT2D eigenvalue weighted by atomic mass is 9.85. The number of fused-ring (bicyclic) bond motifs is 2. The predicted molar refractivity (Wildman–Crippen MR) is 232 cm³/mol. The van der Waals surface area contributed by atoms with Crippen molar-refractivity contribution in [3.8, 4) is 11.8 Å². The van der Waals surface area contributed by atoms with Gasteiger partial charge in [-0.25, -0.2) is 9.48 Å². The van der Waals surface area contributed by atoms with E-state index in [1.54, 1.807) is 47.5 Å². The third-order valence-electron chi connectivity index (χ3n) is 12.6. The van der Waals surface area contributed by atoms with Crippen LogP contribution in [0.15, 0.2) is 73.1 Å². The summed E-state index contributed by atoms with van der Waals surface area (Å²) in [7, 11) is -4.47. The summed E-state index contributed by atoms with van der Waals surface area (Å²) in [6, 6.07) is 15.7. The number of carbonyl (C=O) groups is 4. The first-order chi connectivity index (χ1) is 29.9. The maximum atomic E-state index is 16.6. The van der Waals surface area contributed by atoms with Crippen molar-refractivity contribution < 1.29 is 37.4 Å². The molecule has 2 N–H and O–H groups in total. The Morgan fingerprint density at radius 1 is 1.08 bits per heavy atom. The highest BCUT2D eigenvalue weighted by atomic mass is 35.5. The number of alkyl halides is 1. The summed E-state index contributed by atoms with van der Waals surface area (Å²) in [6.45, 7) is 3.75. The SMILES string of the molecule is CCCOC(=O)[C@H](C)NP(=O)(Oc1ccccc1)[C@@H](F)c1ccc2sc(C(=O)N[C@H]3CCCC[C@H]4CC[C@@H](C(=O)N5C[C@H](c6cncc(Cl)c6)[C@@H](C#N)C56CC6)N4C3=O)cc2c1. The van der Waals surface area contributed by atoms with Crippen LogP contribution in [0.4, 0.5) is 4.39 Å². The molecule has 2 aromatic heterocycles. The van der Waals surface area contributed by atoms with Crippen molar-refractivity contribution >= 4 is 64.2 Å². The summed E-state index contributed by atoms with van der Waals surface area (Å²) >= 11 is 7.45. The van der Waals surface area contributed by atoms with E-state index in [0.29, 0.717) is 65.1 Å². The van der Waals surface area contributed by atoms with E-state index < -0.39 is 54.9 Å². The number of halogens is 2. The summed E-state index contributed by atoms with van der Waals surface area (Å²) in [5, 5.41) is 16.9. The van der Waals surface area contributed by atoms with Crippen LogP contribution in [-0.4, -0.2) is 81.3 Å². The zero-order valence-electron chi connectivity index (χ0n) is 34.5. The number of nitriles is 1. The molecule has 8 atom stereocenters. The summed E-state index contributed by atoms with van der Waals surface area (Å²) in [5.74, 6) is -4.38. The topological polar surface area (TPSA) is 171 Å². The first kappa shape index (κ1) is 43.8. The lowest BCUT2D eigenvalue weighted by molar-refractivity contribution is -0.148. The molecule has 1 aliphatic carbocycles. The average molecular weight is 903 g/mol. The van der Waals surface area contributed by atoms with E-state index >= 15 is 4.39 Å². The quantitative estimate of drug-likeness (QED) is 0.0980. The Morgan fingerprint density at radius 3 is 2.58 bits per heavy atom. The van der Waals surface area contributed by atoms with E-state index in [2.05, 4.69) is 21.5 Å². The van der Waals surface area contributed by atoms with Crippen LogP contribution in [0.1, 0.15) is 104 Å². The molecule has 3 amide bonds. The van der Waals surface area contributed by atoms with Crippen LogP contribution >= 0.6 is 30.5 Å². The normalized spacial score (nSPS) is 24.9. The standard InChI is InChI=1S/C45H49ClFN6O7PS/c1-3-19-59-44(57)27(2)51-61(58,60-33-10-5-4-6-11-33)40(47)28-13-16-38-29(20-28)22-39(62-38)41(54)50-36-12-8-7-9-32-14-15-37(53(32)42(36)55)43(56)52-26-34(30-21-31(46)25-49-24-30)35(23-48)45(52)17-18-45/h4-6,10-11,13,16,20-22,24-25,27,32,34-37,40H,3,7-9,12,14-15,17-19,26H2,1-2H3,(H,50,54)(H,51,58)/t27-,32-,34+,35+,36-,37-,40+,61?/m0/s1. The first-order valence-corrected chi connectivity index (χ1v) is 24.2. The molecule has 4 aliphatic rings. The number of nitrogens with one attached hydrogen (secondary N) is 2. The van der Waals surface area contributed by atoms with Gasteiger partial charge in [0.15, 0.2) is 0 Å². The van der Waals surface area contributed by atoms with Gasteiger partial charge in [-0.05, 0) is 105 Å². The van der Waals surface area contributed by atoms with Crippen molar-refractivity contribution in [1.29, 1.82) is 5.26 Å². The van der Waals surface area contributed by atoms with E-state index in [1.807, 2.05) is 11.8 Å². The van der Waals surface area contributed by atoms with Crippen molar-refractivity contribution in [2.45, 2.75) is 113 Å². The third kappa shape index (κ3) is 8.59. The molecule has 2 aromatic carbocycles. The van der Waals surface area contributed by atoms with Crippen molar-refractivity contribution in [3.63, 3.8) is 0 Å². The van der Waals surface area contributed by atoms with Gasteiger partial charge in [0.1, 0.15) is 23.9 Å². The van der Waals surface area contributed by atoms with Gasteiger partial charge in [0.2, 0.25) is 17.7 Å². The molecular formula is C45H49ClFN6O7PS. The lowest BCUT2D eigenvalue weighted by Gasteiger charge is -2.37. The molecule has 3 aliphatic heterocycles. The van der Waals surface area contributed by atoms with Gasteiger partial charge in [-0.3, -0.25) is 28.7 Å². The molecule has 3 saturated heterocycles. The number of thiophene rings is 1. The molecule has 0 bridgehead atoms. The van der Waals surface area contributed by atoms with Crippen LogP contribution in [0.5, 0.6) is 5.75 Å². The number of benzene rings is 2. The second kappa shape index (κ2) is 18.1. The van der Waals surface area contributed by atoms with Crippen molar-refractivity contribution in [1.82, 2.24) is 25.2 Å². The van der Waals surface area contributed by atoms with Crippen molar-refractivity contribution in [2.24, 2.45) is 5.92 Å². The number of carbonyl (C=O) groups excluding carboxylic acids is 4. The largest absolute Gasteiger partial charge is 0.465 e. The summed E-state index contributed by atoms with van der Waals surface area (Å²) < 4.78 is 42.5. The van der Waals surface area contributed by atoms with Gasteiger partial charge in [-0.2, -0.15) is 5.26 Å². The van der Waals surface area contributed by atoms with Crippen LogP contribution in [0.2, 0.25) is 5.02 Å². The van der Waals surface area contributed by atoms with Crippen LogP contribution in [0, 0.1) is 17.2 Å². The van der Waals surface area contributed by atoms with Gasteiger partial charge >= 0.3 is 13.5 Å². The number of esters is 1. The first-order valence-electron chi connectivity index (χ1n) is 21.3. The number of likely N-dealkylation sites (tertiary alicyclic amines) is 1. The van der Waals surface area contributed by atoms with Crippen LogP contribution in [-0.2, 0) is 23.7 Å². The molecule has 1 spiro atoms. The Morgan fingerprint density at radius 2 is 1.85 bits per heavy atom. The Balaban J connectivity index is 0.992. The third-order valence-corrected chi connectivity index (χ3v) is 16.1. The van der Waals surface area contributed by atoms with E-state index in [4.69, 9.17) is 20.9 Å².